The van der Waals surface area contributed by atoms with Crippen LogP contribution in [0, 0.1) is 18.6 Å². The fourth-order valence-corrected chi connectivity index (χ4v) is 4.05. The molecule has 0 spiro atoms. The zero-order valence-electron chi connectivity index (χ0n) is 18.4. The fraction of sp³-hybridized carbons (Fsp3) is 0.115. The van der Waals surface area contributed by atoms with Crippen LogP contribution in [0.2, 0.25) is 0 Å². The van der Waals surface area contributed by atoms with Crippen molar-refractivity contribution in [2.75, 3.05) is 4.90 Å². The van der Waals surface area contributed by atoms with Crippen LogP contribution >= 0.6 is 0 Å². The lowest BCUT2D eigenvalue weighted by Gasteiger charge is -2.35. The SMILES string of the molecule is CC1=C(c2nc(-c3ccccc3)no2)C(c2ccc(C)cc2)NC(=O)N1c1cc(F)cc(F)c1. The molecule has 1 aliphatic rings. The van der Waals surface area contributed by atoms with E-state index in [1.165, 1.54) is 4.90 Å². The molecule has 0 aliphatic carbocycles. The number of hydrogen-bond donors (Lipinski definition) is 1. The van der Waals surface area contributed by atoms with Crippen molar-refractivity contribution < 1.29 is 18.1 Å². The maximum atomic E-state index is 14.0. The molecule has 0 saturated carbocycles. The molecular formula is C26H20F2N4O2. The molecule has 0 saturated heterocycles. The summed E-state index contributed by atoms with van der Waals surface area (Å²) in [7, 11) is 0. The second kappa shape index (κ2) is 8.55. The summed E-state index contributed by atoms with van der Waals surface area (Å²) < 4.78 is 33.6. The molecule has 1 atom stereocenters. The number of aryl methyl sites for hydroxylation is 1. The summed E-state index contributed by atoms with van der Waals surface area (Å²) in [5, 5.41) is 7.04. The van der Waals surface area contributed by atoms with Crippen molar-refractivity contribution in [3.8, 4) is 11.4 Å². The van der Waals surface area contributed by atoms with E-state index in [0.717, 1.165) is 34.9 Å². The first-order valence-electron chi connectivity index (χ1n) is 10.6. The van der Waals surface area contributed by atoms with Gasteiger partial charge in [0.15, 0.2) is 0 Å². The molecule has 1 N–H and O–H groups in total. The molecular weight excluding hydrogens is 438 g/mol. The lowest BCUT2D eigenvalue weighted by atomic mass is 9.94. The number of halogens is 2. The van der Waals surface area contributed by atoms with Crippen LogP contribution in [0.15, 0.2) is 83.0 Å². The third-order valence-electron chi connectivity index (χ3n) is 5.69. The number of rotatable bonds is 4. The van der Waals surface area contributed by atoms with E-state index in [-0.39, 0.29) is 11.6 Å². The van der Waals surface area contributed by atoms with Crippen LogP contribution in [0.3, 0.4) is 0 Å². The Kier molecular flexibility index (Phi) is 5.41. The maximum Gasteiger partial charge on any atom is 0.327 e. The maximum absolute atomic E-state index is 14.0. The number of carbonyl (C=O) groups is 1. The first-order valence-corrected chi connectivity index (χ1v) is 10.6. The van der Waals surface area contributed by atoms with Crippen molar-refractivity contribution in [1.29, 1.82) is 0 Å². The van der Waals surface area contributed by atoms with E-state index in [4.69, 9.17) is 4.52 Å². The lowest BCUT2D eigenvalue weighted by molar-refractivity contribution is 0.244. The van der Waals surface area contributed by atoms with E-state index >= 15 is 0 Å². The zero-order valence-corrected chi connectivity index (χ0v) is 18.4. The Morgan fingerprint density at radius 3 is 2.29 bits per heavy atom. The molecule has 2 heterocycles. The minimum Gasteiger partial charge on any atom is -0.334 e. The third kappa shape index (κ3) is 3.94. The van der Waals surface area contributed by atoms with E-state index in [1.54, 1.807) is 6.92 Å². The van der Waals surface area contributed by atoms with Crippen molar-refractivity contribution in [2.45, 2.75) is 19.9 Å². The van der Waals surface area contributed by atoms with Gasteiger partial charge in [0, 0.05) is 17.3 Å². The van der Waals surface area contributed by atoms with Crippen molar-refractivity contribution >= 4 is 17.3 Å². The fourth-order valence-electron chi connectivity index (χ4n) is 4.05. The second-order valence-corrected chi connectivity index (χ2v) is 8.04. The van der Waals surface area contributed by atoms with E-state index in [1.807, 2.05) is 61.5 Å². The number of carbonyl (C=O) groups excluding carboxylic acids is 1. The minimum absolute atomic E-state index is 0.0511. The van der Waals surface area contributed by atoms with Gasteiger partial charge in [-0.25, -0.2) is 13.6 Å². The molecule has 2 amide bonds. The van der Waals surface area contributed by atoms with Gasteiger partial charge in [-0.2, -0.15) is 4.98 Å². The average Bonchev–Trinajstić information content (AvgIpc) is 3.29. The van der Waals surface area contributed by atoms with Gasteiger partial charge in [-0.15, -0.1) is 0 Å². The number of nitrogens with one attached hydrogen (secondary N) is 1. The van der Waals surface area contributed by atoms with E-state index in [2.05, 4.69) is 15.5 Å². The molecule has 0 bridgehead atoms. The largest absolute Gasteiger partial charge is 0.334 e. The number of urea groups is 1. The second-order valence-electron chi connectivity index (χ2n) is 8.04. The smallest absolute Gasteiger partial charge is 0.327 e. The summed E-state index contributed by atoms with van der Waals surface area (Å²) in [6.07, 6.45) is 0. The van der Waals surface area contributed by atoms with E-state index < -0.39 is 23.7 Å². The van der Waals surface area contributed by atoms with Gasteiger partial charge in [-0.3, -0.25) is 4.90 Å². The third-order valence-corrected chi connectivity index (χ3v) is 5.69. The number of anilines is 1. The molecule has 3 aromatic carbocycles. The molecule has 4 aromatic rings. The van der Waals surface area contributed by atoms with Crippen molar-refractivity contribution in [1.82, 2.24) is 15.5 Å². The zero-order chi connectivity index (χ0) is 23.8. The highest BCUT2D eigenvalue weighted by atomic mass is 19.1. The standard InChI is InChI=1S/C26H20F2N4O2/c1-15-8-10-17(11-9-15)23-22(25-30-24(31-34-25)18-6-4-3-5-7-18)16(2)32(26(33)29-23)21-13-19(27)12-20(28)14-21/h3-14,23H,1-2H3,(H,29,33). The number of hydrogen-bond acceptors (Lipinski definition) is 4. The summed E-state index contributed by atoms with van der Waals surface area (Å²) in [5.74, 6) is -0.994. The Hall–Kier alpha value is -4.33. The van der Waals surface area contributed by atoms with E-state index in [9.17, 15) is 13.6 Å². The predicted octanol–water partition coefficient (Wildman–Crippen LogP) is 6.03. The quantitative estimate of drug-likeness (QED) is 0.406. The van der Waals surface area contributed by atoms with E-state index in [0.29, 0.717) is 17.1 Å². The van der Waals surface area contributed by atoms with Gasteiger partial charge in [0.25, 0.3) is 5.89 Å². The highest BCUT2D eigenvalue weighted by Gasteiger charge is 2.36. The van der Waals surface area contributed by atoms with Gasteiger partial charge in [-0.05, 0) is 31.5 Å². The van der Waals surface area contributed by atoms with Crippen LogP contribution in [-0.4, -0.2) is 16.2 Å². The summed E-state index contributed by atoms with van der Waals surface area (Å²) in [6.45, 7) is 3.65. The summed E-state index contributed by atoms with van der Waals surface area (Å²) in [5.41, 5.74) is 3.64. The van der Waals surface area contributed by atoms with Gasteiger partial charge in [-0.1, -0.05) is 65.3 Å². The predicted molar refractivity (Wildman–Crippen MR) is 124 cm³/mol. The molecule has 6 nitrogen and oxygen atoms in total. The Morgan fingerprint density at radius 2 is 1.62 bits per heavy atom. The first kappa shape index (κ1) is 21.5. The van der Waals surface area contributed by atoms with Crippen LogP contribution in [0.5, 0.6) is 0 Å². The van der Waals surface area contributed by atoms with Gasteiger partial charge < -0.3 is 9.84 Å². The molecule has 5 rings (SSSR count). The molecule has 1 aliphatic heterocycles. The van der Waals surface area contributed by atoms with Crippen LogP contribution in [0.4, 0.5) is 19.3 Å². The van der Waals surface area contributed by atoms with Crippen molar-refractivity contribution in [3.63, 3.8) is 0 Å². The highest BCUT2D eigenvalue weighted by molar-refractivity contribution is 6.01. The first-order chi connectivity index (χ1) is 16.4. The van der Waals surface area contributed by atoms with Crippen LogP contribution < -0.4 is 10.2 Å². The summed E-state index contributed by atoms with van der Waals surface area (Å²) in [6, 6.07) is 18.8. The monoisotopic (exact) mass is 458 g/mol. The summed E-state index contributed by atoms with van der Waals surface area (Å²) in [4.78, 5) is 18.9. The number of amides is 2. The average molecular weight is 458 g/mol. The number of aromatic nitrogens is 2. The van der Waals surface area contributed by atoms with Gasteiger partial charge in [0.2, 0.25) is 5.82 Å². The molecule has 8 heteroatoms. The molecule has 1 unspecified atom stereocenters. The number of allylic oxidation sites excluding steroid dienone is 1. The van der Waals surface area contributed by atoms with Crippen molar-refractivity contribution in [3.05, 3.63) is 107 Å². The van der Waals surface area contributed by atoms with Crippen molar-refractivity contribution in [2.24, 2.45) is 0 Å². The Balaban J connectivity index is 1.67. The number of nitrogens with zero attached hydrogens (tertiary/aromatic N) is 3. The molecule has 0 radical (unpaired) electrons. The van der Waals surface area contributed by atoms with Gasteiger partial charge >= 0.3 is 6.03 Å². The van der Waals surface area contributed by atoms with Crippen LogP contribution in [0.1, 0.15) is 30.0 Å². The van der Waals surface area contributed by atoms with Crippen LogP contribution in [0.25, 0.3) is 17.0 Å². The Morgan fingerprint density at radius 1 is 0.941 bits per heavy atom. The molecule has 170 valence electrons. The lowest BCUT2D eigenvalue weighted by Crippen LogP contribution is -2.46. The minimum atomic E-state index is -0.790. The normalized spacial score (nSPS) is 16.1. The van der Waals surface area contributed by atoms with Gasteiger partial charge in [0.1, 0.15) is 11.6 Å². The van der Waals surface area contributed by atoms with Gasteiger partial charge in [0.05, 0.1) is 17.3 Å². The van der Waals surface area contributed by atoms with Crippen LogP contribution in [-0.2, 0) is 0 Å². The Labute approximate surface area is 194 Å². The molecule has 0 fully saturated rings. The summed E-state index contributed by atoms with van der Waals surface area (Å²) >= 11 is 0. The molecule has 34 heavy (non-hydrogen) atoms. The topological polar surface area (TPSA) is 71.3 Å². The highest BCUT2D eigenvalue weighted by Crippen LogP contribution is 2.39. The Bertz CT molecular complexity index is 1380. The number of benzene rings is 3. The molecule has 1 aromatic heterocycles.